The van der Waals surface area contributed by atoms with E-state index in [0.29, 0.717) is 18.0 Å². The Morgan fingerprint density at radius 2 is 1.74 bits per heavy atom. The van der Waals surface area contributed by atoms with Gasteiger partial charge < -0.3 is 16.2 Å². The highest BCUT2D eigenvalue weighted by molar-refractivity contribution is 5.91. The molecule has 0 unspecified atom stereocenters. The molecule has 164 valence electrons. The Balaban J connectivity index is 1.55. The molecular formula is C23H28N4O4. The molecule has 2 amide bonds. The second-order valence-corrected chi connectivity index (χ2v) is 8.68. The summed E-state index contributed by atoms with van der Waals surface area (Å²) in [5, 5.41) is 11.7. The number of nitrogens with two attached hydrogens (primary N) is 1. The quantitative estimate of drug-likeness (QED) is 0.625. The van der Waals surface area contributed by atoms with Crippen molar-refractivity contribution in [1.29, 1.82) is 0 Å². The number of carboxylic acid groups (broad SMARTS) is 1. The van der Waals surface area contributed by atoms with Gasteiger partial charge in [0.25, 0.3) is 5.91 Å². The van der Waals surface area contributed by atoms with Crippen LogP contribution in [-0.4, -0.2) is 38.4 Å². The number of carboxylic acids is 1. The number of benzene rings is 1. The number of aromatic nitrogens is 2. The zero-order chi connectivity index (χ0) is 22.6. The molecule has 0 saturated heterocycles. The van der Waals surface area contributed by atoms with Crippen LogP contribution in [0.2, 0.25) is 0 Å². The summed E-state index contributed by atoms with van der Waals surface area (Å²) in [5.41, 5.74) is 6.86. The highest BCUT2D eigenvalue weighted by Crippen LogP contribution is 2.37. The molecule has 8 nitrogen and oxygen atoms in total. The third kappa shape index (κ3) is 5.65. The standard InChI is InChI=1S/C23H28N4O4/c1-23(2,22(30)31)27-20(28)11-14-3-5-15(6-4-14)16-7-9-17(10-8-16)18-12-25-13-19(26-18)21(24)29/h7-10,12-15H,3-6,11H2,1-2H3,(H2,24,29)(H,27,28)(H,30,31)/t14-,15-. The van der Waals surface area contributed by atoms with Gasteiger partial charge in [-0.15, -0.1) is 0 Å². The van der Waals surface area contributed by atoms with E-state index in [1.165, 1.54) is 25.6 Å². The lowest BCUT2D eigenvalue weighted by molar-refractivity contribution is -0.146. The van der Waals surface area contributed by atoms with Gasteiger partial charge in [0.2, 0.25) is 5.91 Å². The Labute approximate surface area is 181 Å². The van der Waals surface area contributed by atoms with Crippen molar-refractivity contribution in [2.75, 3.05) is 0 Å². The molecule has 8 heteroatoms. The van der Waals surface area contributed by atoms with E-state index < -0.39 is 17.4 Å². The first-order valence-corrected chi connectivity index (χ1v) is 10.4. The van der Waals surface area contributed by atoms with Crippen molar-refractivity contribution in [1.82, 2.24) is 15.3 Å². The molecule has 1 aliphatic rings. The fourth-order valence-electron chi connectivity index (χ4n) is 3.96. The molecule has 3 rings (SSSR count). The van der Waals surface area contributed by atoms with Gasteiger partial charge in [0.15, 0.2) is 0 Å². The minimum atomic E-state index is -1.25. The summed E-state index contributed by atoms with van der Waals surface area (Å²) in [4.78, 5) is 43.0. The van der Waals surface area contributed by atoms with E-state index in [4.69, 9.17) is 10.8 Å². The molecule has 0 bridgehead atoms. The molecule has 4 N–H and O–H groups in total. The number of nitrogens with one attached hydrogen (secondary N) is 1. The average molecular weight is 425 g/mol. The van der Waals surface area contributed by atoms with Crippen LogP contribution in [0.1, 0.15) is 67.9 Å². The molecule has 0 spiro atoms. The van der Waals surface area contributed by atoms with Gasteiger partial charge in [0, 0.05) is 12.0 Å². The first-order chi connectivity index (χ1) is 14.7. The van der Waals surface area contributed by atoms with E-state index >= 15 is 0 Å². The first kappa shape index (κ1) is 22.4. The first-order valence-electron chi connectivity index (χ1n) is 10.4. The Morgan fingerprint density at radius 1 is 1.10 bits per heavy atom. The maximum Gasteiger partial charge on any atom is 0.328 e. The van der Waals surface area contributed by atoms with Crippen molar-refractivity contribution >= 4 is 17.8 Å². The normalized spacial score (nSPS) is 18.9. The van der Waals surface area contributed by atoms with Crippen LogP contribution in [0, 0.1) is 5.92 Å². The number of primary amides is 1. The zero-order valence-corrected chi connectivity index (χ0v) is 17.8. The molecule has 0 radical (unpaired) electrons. The van der Waals surface area contributed by atoms with Gasteiger partial charge in [-0.1, -0.05) is 24.3 Å². The van der Waals surface area contributed by atoms with Gasteiger partial charge in [0.05, 0.1) is 18.1 Å². The number of rotatable bonds is 7. The number of hydrogen-bond acceptors (Lipinski definition) is 5. The molecule has 1 aromatic heterocycles. The molecule has 0 atom stereocenters. The number of amides is 2. The van der Waals surface area contributed by atoms with Crippen molar-refractivity contribution in [3.05, 3.63) is 47.9 Å². The topological polar surface area (TPSA) is 135 Å². The summed E-state index contributed by atoms with van der Waals surface area (Å²) < 4.78 is 0. The Morgan fingerprint density at radius 3 is 2.32 bits per heavy atom. The predicted molar refractivity (Wildman–Crippen MR) is 115 cm³/mol. The highest BCUT2D eigenvalue weighted by atomic mass is 16.4. The maximum atomic E-state index is 12.2. The summed E-state index contributed by atoms with van der Waals surface area (Å²) in [6.45, 7) is 2.98. The van der Waals surface area contributed by atoms with Crippen LogP contribution in [-0.2, 0) is 9.59 Å². The van der Waals surface area contributed by atoms with Crippen LogP contribution in [0.3, 0.4) is 0 Å². The monoisotopic (exact) mass is 424 g/mol. The van der Waals surface area contributed by atoms with E-state index in [0.717, 1.165) is 31.2 Å². The van der Waals surface area contributed by atoms with Crippen LogP contribution >= 0.6 is 0 Å². The van der Waals surface area contributed by atoms with Crippen LogP contribution in [0.4, 0.5) is 0 Å². The Hall–Kier alpha value is -3.29. The van der Waals surface area contributed by atoms with Crippen molar-refractivity contribution in [2.45, 2.75) is 57.4 Å². The van der Waals surface area contributed by atoms with Crippen LogP contribution in [0.25, 0.3) is 11.3 Å². The molecule has 0 aliphatic heterocycles. The fraction of sp³-hybridized carbons (Fsp3) is 0.435. The van der Waals surface area contributed by atoms with Gasteiger partial charge in [-0.25, -0.2) is 9.78 Å². The minimum Gasteiger partial charge on any atom is -0.480 e. The smallest absolute Gasteiger partial charge is 0.328 e. The van der Waals surface area contributed by atoms with E-state index in [1.807, 2.05) is 12.1 Å². The lowest BCUT2D eigenvalue weighted by Gasteiger charge is -2.29. The second-order valence-electron chi connectivity index (χ2n) is 8.68. The van der Waals surface area contributed by atoms with Gasteiger partial charge in [0.1, 0.15) is 11.2 Å². The van der Waals surface area contributed by atoms with Gasteiger partial charge in [-0.3, -0.25) is 14.6 Å². The second kappa shape index (κ2) is 9.24. The largest absolute Gasteiger partial charge is 0.480 e. The minimum absolute atomic E-state index is 0.135. The van der Waals surface area contributed by atoms with Crippen molar-refractivity contribution < 1.29 is 19.5 Å². The van der Waals surface area contributed by atoms with E-state index in [9.17, 15) is 14.4 Å². The lowest BCUT2D eigenvalue weighted by atomic mass is 9.77. The molecular weight excluding hydrogens is 396 g/mol. The van der Waals surface area contributed by atoms with Crippen LogP contribution in [0.5, 0.6) is 0 Å². The number of hydrogen-bond donors (Lipinski definition) is 3. The SMILES string of the molecule is CC(C)(NC(=O)C[C@H]1CC[C@H](c2ccc(-c3cncc(C(N)=O)n3)cc2)CC1)C(=O)O. The molecule has 1 aliphatic carbocycles. The number of carbonyl (C=O) groups excluding carboxylic acids is 2. The van der Waals surface area contributed by atoms with Crippen LogP contribution in [0.15, 0.2) is 36.7 Å². The van der Waals surface area contributed by atoms with Gasteiger partial charge >= 0.3 is 5.97 Å². The summed E-state index contributed by atoms with van der Waals surface area (Å²) in [5.74, 6) is -1.17. The molecule has 1 fully saturated rings. The third-order valence-corrected chi connectivity index (χ3v) is 5.87. The number of aliphatic carboxylic acids is 1. The summed E-state index contributed by atoms with van der Waals surface area (Å²) in [6.07, 6.45) is 7.13. The summed E-state index contributed by atoms with van der Waals surface area (Å²) >= 11 is 0. The van der Waals surface area contributed by atoms with E-state index in [-0.39, 0.29) is 17.5 Å². The Kier molecular flexibility index (Phi) is 6.68. The molecule has 1 heterocycles. The molecule has 1 saturated carbocycles. The summed E-state index contributed by atoms with van der Waals surface area (Å²) in [6, 6.07) is 8.08. The van der Waals surface area contributed by atoms with Gasteiger partial charge in [-0.2, -0.15) is 0 Å². The van der Waals surface area contributed by atoms with Crippen LogP contribution < -0.4 is 11.1 Å². The summed E-state index contributed by atoms with van der Waals surface area (Å²) in [7, 11) is 0. The van der Waals surface area contributed by atoms with E-state index in [1.54, 1.807) is 6.20 Å². The predicted octanol–water partition coefficient (Wildman–Crippen LogP) is 2.89. The lowest BCUT2D eigenvalue weighted by Crippen LogP contribution is -2.50. The molecule has 31 heavy (non-hydrogen) atoms. The fourth-order valence-corrected chi connectivity index (χ4v) is 3.96. The maximum absolute atomic E-state index is 12.2. The third-order valence-electron chi connectivity index (χ3n) is 5.87. The van der Waals surface area contributed by atoms with Crippen molar-refractivity contribution in [2.24, 2.45) is 11.7 Å². The average Bonchev–Trinajstić information content (AvgIpc) is 2.74. The molecule has 1 aromatic carbocycles. The zero-order valence-electron chi connectivity index (χ0n) is 17.8. The van der Waals surface area contributed by atoms with Crippen molar-refractivity contribution in [3.63, 3.8) is 0 Å². The van der Waals surface area contributed by atoms with Crippen molar-refractivity contribution in [3.8, 4) is 11.3 Å². The molecule has 2 aromatic rings. The van der Waals surface area contributed by atoms with Gasteiger partial charge in [-0.05, 0) is 56.9 Å². The number of nitrogens with zero attached hydrogens (tertiary/aromatic N) is 2. The Bertz CT molecular complexity index is 964. The number of carbonyl (C=O) groups is 3. The van der Waals surface area contributed by atoms with E-state index in [2.05, 4.69) is 27.4 Å². The highest BCUT2D eigenvalue weighted by Gasteiger charge is 2.31.